The third kappa shape index (κ3) is 4.76. The van der Waals surface area contributed by atoms with Crippen LogP contribution in [0.4, 0.5) is 13.2 Å². The topological polar surface area (TPSA) is 31.6 Å². The Hall–Kier alpha value is -2.63. The molecule has 3 aromatic rings. The Bertz CT molecular complexity index is 913. The number of furan rings is 1. The van der Waals surface area contributed by atoms with E-state index in [-0.39, 0.29) is 11.3 Å². The van der Waals surface area contributed by atoms with Crippen LogP contribution in [0.15, 0.2) is 46.9 Å². The molecule has 2 aromatic carbocycles. The van der Waals surface area contributed by atoms with Gasteiger partial charge in [0.05, 0.1) is 12.7 Å². The van der Waals surface area contributed by atoms with Crippen LogP contribution >= 0.6 is 0 Å². The lowest BCUT2D eigenvalue weighted by Gasteiger charge is -2.13. The van der Waals surface area contributed by atoms with E-state index < -0.39 is 6.36 Å². The molecule has 0 saturated carbocycles. The van der Waals surface area contributed by atoms with Crippen molar-refractivity contribution in [1.29, 1.82) is 0 Å². The summed E-state index contributed by atoms with van der Waals surface area (Å²) in [4.78, 5) is 0. The van der Waals surface area contributed by atoms with E-state index >= 15 is 0 Å². The predicted octanol–water partition coefficient (Wildman–Crippen LogP) is 6.74. The molecule has 0 aliphatic heterocycles. The quantitative estimate of drug-likeness (QED) is 0.427. The lowest BCUT2D eigenvalue weighted by atomic mass is 10.0. The molecule has 0 amide bonds. The highest BCUT2D eigenvalue weighted by molar-refractivity contribution is 5.85. The van der Waals surface area contributed by atoms with Gasteiger partial charge in [-0.2, -0.15) is 0 Å². The van der Waals surface area contributed by atoms with Gasteiger partial charge in [0, 0.05) is 11.5 Å². The Kier molecular flexibility index (Phi) is 5.63. The van der Waals surface area contributed by atoms with Gasteiger partial charge in [0.25, 0.3) is 0 Å². The minimum absolute atomic E-state index is 0.248. The highest BCUT2D eigenvalue weighted by atomic mass is 19.4. The third-order valence-electron chi connectivity index (χ3n) is 4.33. The molecule has 0 fully saturated rings. The van der Waals surface area contributed by atoms with E-state index in [1.54, 1.807) is 30.3 Å². The van der Waals surface area contributed by atoms with Crippen molar-refractivity contribution < 1.29 is 27.1 Å². The average molecular weight is 378 g/mol. The van der Waals surface area contributed by atoms with Crippen LogP contribution in [0.1, 0.15) is 31.7 Å². The lowest BCUT2D eigenvalue weighted by molar-refractivity contribution is -0.274. The number of alkyl halides is 3. The Morgan fingerprint density at radius 3 is 2.52 bits per heavy atom. The average Bonchev–Trinajstić information content (AvgIpc) is 3.03. The normalized spacial score (nSPS) is 11.7. The van der Waals surface area contributed by atoms with Crippen LogP contribution < -0.4 is 9.47 Å². The number of fused-ring (bicyclic) bond motifs is 1. The Morgan fingerprint density at radius 1 is 1.00 bits per heavy atom. The second-order valence-electron chi connectivity index (χ2n) is 6.35. The summed E-state index contributed by atoms with van der Waals surface area (Å²) in [5.41, 5.74) is 1.61. The molecule has 0 atom stereocenters. The molecule has 1 heterocycles. The van der Waals surface area contributed by atoms with Crippen LogP contribution in [0.3, 0.4) is 0 Å². The van der Waals surface area contributed by atoms with Gasteiger partial charge in [-0.3, -0.25) is 0 Å². The molecule has 0 aliphatic carbocycles. The summed E-state index contributed by atoms with van der Waals surface area (Å²) in [5.74, 6) is 0.682. The molecule has 0 bridgehead atoms. The van der Waals surface area contributed by atoms with Crippen molar-refractivity contribution in [2.45, 2.75) is 39.0 Å². The van der Waals surface area contributed by atoms with Crippen LogP contribution in [-0.2, 0) is 6.42 Å². The van der Waals surface area contributed by atoms with E-state index in [1.165, 1.54) is 13.2 Å². The predicted molar refractivity (Wildman–Crippen MR) is 98.1 cm³/mol. The lowest BCUT2D eigenvalue weighted by Crippen LogP contribution is -2.17. The van der Waals surface area contributed by atoms with Crippen LogP contribution in [0.5, 0.6) is 11.5 Å². The third-order valence-corrected chi connectivity index (χ3v) is 4.33. The molecule has 0 radical (unpaired) electrons. The van der Waals surface area contributed by atoms with Gasteiger partial charge >= 0.3 is 6.36 Å². The minimum atomic E-state index is -4.77. The highest BCUT2D eigenvalue weighted by Crippen LogP contribution is 2.38. The van der Waals surface area contributed by atoms with E-state index in [2.05, 4.69) is 11.7 Å². The Morgan fingerprint density at radius 2 is 1.81 bits per heavy atom. The van der Waals surface area contributed by atoms with E-state index in [0.717, 1.165) is 30.2 Å². The van der Waals surface area contributed by atoms with Crippen molar-refractivity contribution in [3.05, 3.63) is 48.0 Å². The Balaban J connectivity index is 1.99. The fraction of sp³-hybridized carbons (Fsp3) is 0.333. The second kappa shape index (κ2) is 7.94. The number of hydrogen-bond donors (Lipinski definition) is 0. The van der Waals surface area contributed by atoms with Gasteiger partial charge in [0.15, 0.2) is 0 Å². The van der Waals surface area contributed by atoms with Crippen molar-refractivity contribution in [3.63, 3.8) is 0 Å². The van der Waals surface area contributed by atoms with Crippen molar-refractivity contribution in [2.75, 3.05) is 7.11 Å². The largest absolute Gasteiger partial charge is 0.573 e. The van der Waals surface area contributed by atoms with Crippen molar-refractivity contribution >= 4 is 11.0 Å². The maximum absolute atomic E-state index is 12.9. The van der Waals surface area contributed by atoms with Crippen LogP contribution in [0.25, 0.3) is 22.3 Å². The number of halogens is 3. The first-order chi connectivity index (χ1) is 12.9. The maximum atomic E-state index is 12.9. The highest BCUT2D eigenvalue weighted by Gasteiger charge is 2.32. The zero-order valence-electron chi connectivity index (χ0n) is 15.2. The first kappa shape index (κ1) is 19.1. The van der Waals surface area contributed by atoms with Gasteiger partial charge in [0.1, 0.15) is 22.8 Å². The van der Waals surface area contributed by atoms with Crippen molar-refractivity contribution in [1.82, 2.24) is 0 Å². The minimum Gasteiger partial charge on any atom is -0.497 e. The molecule has 6 heteroatoms. The molecule has 3 rings (SSSR count). The molecule has 0 unspecified atom stereocenters. The van der Waals surface area contributed by atoms with Gasteiger partial charge in [0.2, 0.25) is 0 Å². The summed E-state index contributed by atoms with van der Waals surface area (Å²) in [7, 11) is 1.54. The summed E-state index contributed by atoms with van der Waals surface area (Å²) >= 11 is 0. The molecule has 0 spiro atoms. The molecule has 0 aliphatic rings. The van der Waals surface area contributed by atoms with Crippen molar-refractivity contribution in [3.8, 4) is 22.8 Å². The summed E-state index contributed by atoms with van der Waals surface area (Å²) < 4.78 is 53.9. The molecule has 144 valence electrons. The fourth-order valence-electron chi connectivity index (χ4n) is 2.99. The number of hydrogen-bond acceptors (Lipinski definition) is 3. The summed E-state index contributed by atoms with van der Waals surface area (Å²) in [6.07, 6.45) is -1.06. The molecule has 0 N–H and O–H groups in total. The van der Waals surface area contributed by atoms with Gasteiger partial charge in [-0.1, -0.05) is 25.8 Å². The molecule has 1 aromatic heterocycles. The van der Waals surface area contributed by atoms with Crippen LogP contribution in [0, 0.1) is 0 Å². The first-order valence-corrected chi connectivity index (χ1v) is 8.86. The molecular weight excluding hydrogens is 357 g/mol. The number of aryl methyl sites for hydroxylation is 1. The molecule has 27 heavy (non-hydrogen) atoms. The standard InChI is InChI=1S/C21H21F3O3/c1-3-4-5-6-14-7-10-17(20(11-14)27-21(22,23)24)19-12-15-8-9-16(25-2)13-18(15)26-19/h7-13H,3-6H2,1-2H3. The maximum Gasteiger partial charge on any atom is 0.573 e. The summed E-state index contributed by atoms with van der Waals surface area (Å²) in [6.45, 7) is 2.08. The van der Waals surface area contributed by atoms with E-state index in [9.17, 15) is 13.2 Å². The van der Waals surface area contributed by atoms with Crippen LogP contribution in [-0.4, -0.2) is 13.5 Å². The van der Waals surface area contributed by atoms with E-state index in [1.807, 2.05) is 6.07 Å². The number of unbranched alkanes of at least 4 members (excludes halogenated alkanes) is 2. The Labute approximate surface area is 155 Å². The zero-order valence-corrected chi connectivity index (χ0v) is 15.2. The van der Waals surface area contributed by atoms with E-state index in [0.29, 0.717) is 23.5 Å². The smallest absolute Gasteiger partial charge is 0.497 e. The number of benzene rings is 2. The first-order valence-electron chi connectivity index (χ1n) is 8.86. The summed E-state index contributed by atoms with van der Waals surface area (Å²) in [5, 5.41) is 0.774. The zero-order chi connectivity index (χ0) is 19.4. The van der Waals surface area contributed by atoms with Gasteiger partial charge < -0.3 is 13.9 Å². The van der Waals surface area contributed by atoms with Crippen molar-refractivity contribution in [2.24, 2.45) is 0 Å². The number of rotatable bonds is 7. The van der Waals surface area contributed by atoms with Crippen LogP contribution in [0.2, 0.25) is 0 Å². The number of ether oxygens (including phenoxy) is 2. The molecule has 3 nitrogen and oxygen atoms in total. The van der Waals surface area contributed by atoms with E-state index in [4.69, 9.17) is 9.15 Å². The van der Waals surface area contributed by atoms with Gasteiger partial charge in [-0.25, -0.2) is 0 Å². The molecule has 0 saturated heterocycles. The SMILES string of the molecule is CCCCCc1ccc(-c2cc3ccc(OC)cc3o2)c(OC(F)(F)F)c1. The molecular formula is C21H21F3O3. The summed E-state index contributed by atoms with van der Waals surface area (Å²) in [6, 6.07) is 11.9. The van der Waals surface area contributed by atoms with Gasteiger partial charge in [-0.05, 0) is 48.7 Å². The van der Waals surface area contributed by atoms with Gasteiger partial charge in [-0.15, -0.1) is 13.2 Å². The monoisotopic (exact) mass is 378 g/mol. The number of methoxy groups -OCH3 is 1. The fourth-order valence-corrected chi connectivity index (χ4v) is 2.99. The second-order valence-corrected chi connectivity index (χ2v) is 6.35.